The van der Waals surface area contributed by atoms with E-state index in [1.807, 2.05) is 18.4 Å². The normalized spacial score (nSPS) is 16.1. The molecule has 2 amide bonds. The number of nitrogens with zero attached hydrogens (tertiary/aromatic N) is 1. The van der Waals surface area contributed by atoms with Crippen LogP contribution in [-0.4, -0.2) is 37.2 Å². The lowest BCUT2D eigenvalue weighted by Crippen LogP contribution is -2.45. The number of anilines is 1. The summed E-state index contributed by atoms with van der Waals surface area (Å²) in [5, 5.41) is 4.78. The predicted octanol–water partition coefficient (Wildman–Crippen LogP) is 3.45. The highest BCUT2D eigenvalue weighted by Crippen LogP contribution is 2.34. The molecular weight excluding hydrogens is 340 g/mol. The molecule has 0 bridgehead atoms. The highest BCUT2D eigenvalue weighted by molar-refractivity contribution is 7.10. The van der Waals surface area contributed by atoms with E-state index < -0.39 is 12.0 Å². The summed E-state index contributed by atoms with van der Waals surface area (Å²) < 4.78 is 10.3. The number of carbonyl (C=O) groups is 2. The summed E-state index contributed by atoms with van der Waals surface area (Å²) >= 11 is 1.60. The Morgan fingerprint density at radius 2 is 2.04 bits per heavy atom. The molecule has 0 fully saturated rings. The first-order chi connectivity index (χ1) is 12.1. The van der Waals surface area contributed by atoms with Crippen LogP contribution >= 0.6 is 11.3 Å². The molecule has 0 aliphatic carbocycles. The summed E-state index contributed by atoms with van der Waals surface area (Å²) in [6.07, 6.45) is 0.733. The number of fused-ring (bicyclic) bond motifs is 1. The Labute approximate surface area is 150 Å². The minimum absolute atomic E-state index is 0.323. The standard InChI is InChI=1S/C18H20N2O4S/c1-3-24-13-6-4-12(5-7-13)19-18(22)20-10-8-15-14(9-11-25-15)16(20)17(21)23-2/h4-7,9,11,16H,3,8,10H2,1-2H3,(H,19,22). The number of carbonyl (C=O) groups excluding carboxylic acids is 2. The molecule has 7 heteroatoms. The highest BCUT2D eigenvalue weighted by atomic mass is 32.1. The molecule has 1 atom stereocenters. The second-order valence-corrected chi connectivity index (χ2v) is 6.56. The predicted molar refractivity (Wildman–Crippen MR) is 96.1 cm³/mol. The summed E-state index contributed by atoms with van der Waals surface area (Å²) in [5.74, 6) is 0.315. The lowest BCUT2D eigenvalue weighted by atomic mass is 10.0. The number of rotatable bonds is 4. The maximum absolute atomic E-state index is 12.7. The second kappa shape index (κ2) is 7.57. The van der Waals surface area contributed by atoms with Gasteiger partial charge in [0.25, 0.3) is 0 Å². The summed E-state index contributed by atoms with van der Waals surface area (Å²) in [6.45, 7) is 2.97. The molecule has 3 rings (SSSR count). The van der Waals surface area contributed by atoms with Crippen LogP contribution in [0.5, 0.6) is 5.75 Å². The molecule has 0 saturated heterocycles. The van der Waals surface area contributed by atoms with Crippen molar-refractivity contribution >= 4 is 29.0 Å². The first kappa shape index (κ1) is 17.3. The van der Waals surface area contributed by atoms with Crippen molar-refractivity contribution in [3.05, 3.63) is 46.2 Å². The number of thiophene rings is 1. The van der Waals surface area contributed by atoms with Crippen molar-refractivity contribution in [1.29, 1.82) is 0 Å². The van der Waals surface area contributed by atoms with Crippen LogP contribution in [0.2, 0.25) is 0 Å². The van der Waals surface area contributed by atoms with Crippen LogP contribution in [0, 0.1) is 0 Å². The molecule has 0 radical (unpaired) electrons. The van der Waals surface area contributed by atoms with E-state index >= 15 is 0 Å². The van der Waals surface area contributed by atoms with E-state index in [0.29, 0.717) is 18.8 Å². The third-order valence-corrected chi connectivity index (χ3v) is 5.06. The van der Waals surface area contributed by atoms with Crippen molar-refractivity contribution in [1.82, 2.24) is 4.90 Å². The summed E-state index contributed by atoms with van der Waals surface area (Å²) in [6, 6.07) is 8.00. The number of benzene rings is 1. The lowest BCUT2D eigenvalue weighted by Gasteiger charge is -2.33. The number of amides is 2. The van der Waals surface area contributed by atoms with Crippen molar-refractivity contribution in [3.63, 3.8) is 0 Å². The van der Waals surface area contributed by atoms with E-state index in [4.69, 9.17) is 9.47 Å². The number of esters is 1. The van der Waals surface area contributed by atoms with Gasteiger partial charge in [0.2, 0.25) is 0 Å². The van der Waals surface area contributed by atoms with Gasteiger partial charge in [0.15, 0.2) is 6.04 Å². The fraction of sp³-hybridized carbons (Fsp3) is 0.333. The molecule has 25 heavy (non-hydrogen) atoms. The fourth-order valence-corrected chi connectivity index (χ4v) is 3.80. The fourth-order valence-electron chi connectivity index (χ4n) is 2.90. The lowest BCUT2D eigenvalue weighted by molar-refractivity contribution is -0.146. The van der Waals surface area contributed by atoms with Crippen LogP contribution < -0.4 is 10.1 Å². The van der Waals surface area contributed by atoms with Gasteiger partial charge in [-0.3, -0.25) is 0 Å². The van der Waals surface area contributed by atoms with E-state index in [1.165, 1.54) is 12.0 Å². The van der Waals surface area contributed by atoms with Crippen LogP contribution in [0.4, 0.5) is 10.5 Å². The zero-order valence-corrected chi connectivity index (χ0v) is 15.0. The Balaban J connectivity index is 1.77. The SMILES string of the molecule is CCOc1ccc(NC(=O)N2CCc3sccc3C2C(=O)OC)cc1. The average molecular weight is 360 g/mol. The van der Waals surface area contributed by atoms with Gasteiger partial charge in [-0.15, -0.1) is 11.3 Å². The minimum Gasteiger partial charge on any atom is -0.494 e. The van der Waals surface area contributed by atoms with Gasteiger partial charge in [0.1, 0.15) is 5.75 Å². The quantitative estimate of drug-likeness (QED) is 0.848. The van der Waals surface area contributed by atoms with E-state index in [0.717, 1.165) is 22.6 Å². The monoisotopic (exact) mass is 360 g/mol. The maximum Gasteiger partial charge on any atom is 0.333 e. The molecule has 132 valence electrons. The number of hydrogen-bond donors (Lipinski definition) is 1. The van der Waals surface area contributed by atoms with Crippen molar-refractivity contribution in [2.45, 2.75) is 19.4 Å². The van der Waals surface area contributed by atoms with Gasteiger partial charge in [-0.2, -0.15) is 0 Å². The molecule has 1 N–H and O–H groups in total. The van der Waals surface area contributed by atoms with Gasteiger partial charge < -0.3 is 19.7 Å². The Kier molecular flexibility index (Phi) is 5.23. The Bertz CT molecular complexity index is 757. The molecule has 1 aliphatic heterocycles. The number of nitrogens with one attached hydrogen (secondary N) is 1. The number of urea groups is 1. The van der Waals surface area contributed by atoms with E-state index in [9.17, 15) is 9.59 Å². The minimum atomic E-state index is -0.706. The van der Waals surface area contributed by atoms with E-state index in [1.54, 1.807) is 35.6 Å². The zero-order valence-electron chi connectivity index (χ0n) is 14.2. The third-order valence-electron chi connectivity index (χ3n) is 4.07. The third kappa shape index (κ3) is 3.61. The highest BCUT2D eigenvalue weighted by Gasteiger charge is 2.37. The van der Waals surface area contributed by atoms with Gasteiger partial charge >= 0.3 is 12.0 Å². The van der Waals surface area contributed by atoms with Crippen LogP contribution in [0.15, 0.2) is 35.7 Å². The summed E-state index contributed by atoms with van der Waals surface area (Å²) in [4.78, 5) is 27.6. The smallest absolute Gasteiger partial charge is 0.333 e. The second-order valence-electron chi connectivity index (χ2n) is 5.56. The van der Waals surface area contributed by atoms with Crippen molar-refractivity contribution in [3.8, 4) is 5.75 Å². The van der Waals surface area contributed by atoms with E-state index in [-0.39, 0.29) is 6.03 Å². The van der Waals surface area contributed by atoms with Gasteiger partial charge in [0, 0.05) is 17.1 Å². The average Bonchev–Trinajstić information content (AvgIpc) is 3.10. The van der Waals surface area contributed by atoms with Crippen LogP contribution in [0.1, 0.15) is 23.4 Å². The topological polar surface area (TPSA) is 67.9 Å². The Morgan fingerprint density at radius 3 is 2.72 bits per heavy atom. The maximum atomic E-state index is 12.7. The first-order valence-corrected chi connectivity index (χ1v) is 8.96. The molecule has 1 aromatic carbocycles. The van der Waals surface area contributed by atoms with Crippen LogP contribution in [0.3, 0.4) is 0 Å². The van der Waals surface area contributed by atoms with E-state index in [2.05, 4.69) is 5.32 Å². The zero-order chi connectivity index (χ0) is 17.8. The molecular formula is C18H20N2O4S. The molecule has 1 aliphatic rings. The Morgan fingerprint density at radius 1 is 1.28 bits per heavy atom. The van der Waals surface area contributed by atoms with Crippen molar-refractivity contribution in [2.75, 3.05) is 25.6 Å². The van der Waals surface area contributed by atoms with Gasteiger partial charge in [-0.25, -0.2) is 9.59 Å². The largest absolute Gasteiger partial charge is 0.494 e. The van der Waals surface area contributed by atoms with Crippen molar-refractivity contribution in [2.24, 2.45) is 0 Å². The number of hydrogen-bond acceptors (Lipinski definition) is 5. The molecule has 0 saturated carbocycles. The summed E-state index contributed by atoms with van der Waals surface area (Å²) in [7, 11) is 1.34. The molecule has 2 aromatic rings. The van der Waals surface area contributed by atoms with Crippen molar-refractivity contribution < 1.29 is 19.1 Å². The summed E-state index contributed by atoms with van der Waals surface area (Å²) in [5.41, 5.74) is 1.50. The first-order valence-electron chi connectivity index (χ1n) is 8.08. The molecule has 1 aromatic heterocycles. The van der Waals surface area contributed by atoms with Crippen LogP contribution in [-0.2, 0) is 16.0 Å². The number of methoxy groups -OCH3 is 1. The Hall–Kier alpha value is -2.54. The molecule has 6 nitrogen and oxygen atoms in total. The molecule has 2 heterocycles. The van der Waals surface area contributed by atoms with Crippen LogP contribution in [0.25, 0.3) is 0 Å². The van der Waals surface area contributed by atoms with Gasteiger partial charge in [0.05, 0.1) is 13.7 Å². The molecule has 1 unspecified atom stereocenters. The molecule has 0 spiro atoms. The van der Waals surface area contributed by atoms with Gasteiger partial charge in [-0.1, -0.05) is 0 Å². The number of ether oxygens (including phenoxy) is 2. The van der Waals surface area contributed by atoms with Gasteiger partial charge in [-0.05, 0) is 54.6 Å².